The molecule has 0 spiro atoms. The van der Waals surface area contributed by atoms with Crippen molar-refractivity contribution in [3.8, 4) is 23.0 Å². The SMILES string of the molecule is Oc1ccc2[nH]c3cc(O)c(O)c(O)c3c2c1. The quantitative estimate of drug-likeness (QED) is 0.383. The summed E-state index contributed by atoms with van der Waals surface area (Å²) in [4.78, 5) is 2.97. The zero-order valence-corrected chi connectivity index (χ0v) is 8.60. The number of rotatable bonds is 0. The number of phenolic OH excluding ortho intramolecular Hbond substituents is 4. The van der Waals surface area contributed by atoms with Gasteiger partial charge in [0, 0.05) is 17.0 Å². The number of phenols is 4. The minimum absolute atomic E-state index is 0.0605. The fourth-order valence-electron chi connectivity index (χ4n) is 2.01. The molecular formula is C12H9NO4. The van der Waals surface area contributed by atoms with Gasteiger partial charge in [-0.25, -0.2) is 0 Å². The molecule has 5 heteroatoms. The molecule has 3 rings (SSSR count). The Hall–Kier alpha value is -2.56. The van der Waals surface area contributed by atoms with Gasteiger partial charge in [-0.15, -0.1) is 0 Å². The molecule has 2 aromatic carbocycles. The Bertz CT molecular complexity index is 745. The van der Waals surface area contributed by atoms with E-state index in [2.05, 4.69) is 4.98 Å². The maximum atomic E-state index is 9.81. The Morgan fingerprint density at radius 1 is 0.824 bits per heavy atom. The van der Waals surface area contributed by atoms with Crippen LogP contribution in [0.1, 0.15) is 0 Å². The largest absolute Gasteiger partial charge is 0.508 e. The molecule has 0 saturated carbocycles. The topological polar surface area (TPSA) is 96.7 Å². The second kappa shape index (κ2) is 2.98. The predicted molar refractivity (Wildman–Crippen MR) is 62.5 cm³/mol. The van der Waals surface area contributed by atoms with Gasteiger partial charge in [0.1, 0.15) is 5.75 Å². The summed E-state index contributed by atoms with van der Waals surface area (Å²) in [5, 5.41) is 39.0. The standard InChI is InChI=1S/C12H9NO4/c14-5-1-2-7-6(3-5)10-8(13-7)4-9(15)11(16)12(10)17/h1-4,13-17H. The number of fused-ring (bicyclic) bond motifs is 3. The molecule has 0 unspecified atom stereocenters. The van der Waals surface area contributed by atoms with E-state index < -0.39 is 17.2 Å². The predicted octanol–water partition coefficient (Wildman–Crippen LogP) is 2.14. The van der Waals surface area contributed by atoms with Crippen molar-refractivity contribution in [3.05, 3.63) is 24.3 Å². The molecule has 1 aromatic heterocycles. The summed E-state index contributed by atoms with van der Waals surface area (Å²) in [6.07, 6.45) is 0. The number of aromatic nitrogens is 1. The first-order chi connectivity index (χ1) is 8.08. The Morgan fingerprint density at radius 2 is 1.59 bits per heavy atom. The first-order valence-electron chi connectivity index (χ1n) is 4.96. The van der Waals surface area contributed by atoms with Crippen molar-refractivity contribution in [2.24, 2.45) is 0 Å². The zero-order chi connectivity index (χ0) is 12.2. The summed E-state index contributed by atoms with van der Waals surface area (Å²) >= 11 is 0. The van der Waals surface area contributed by atoms with Crippen LogP contribution < -0.4 is 0 Å². The van der Waals surface area contributed by atoms with Gasteiger partial charge in [0.15, 0.2) is 11.5 Å². The van der Waals surface area contributed by atoms with E-state index in [0.717, 1.165) is 0 Å². The molecule has 1 heterocycles. The average Bonchev–Trinajstić information content (AvgIpc) is 2.63. The number of aromatic amines is 1. The highest BCUT2D eigenvalue weighted by molar-refractivity contribution is 6.12. The summed E-state index contributed by atoms with van der Waals surface area (Å²) in [5.41, 5.74) is 1.18. The molecule has 0 amide bonds. The van der Waals surface area contributed by atoms with Crippen molar-refractivity contribution >= 4 is 21.8 Å². The van der Waals surface area contributed by atoms with Crippen molar-refractivity contribution in [1.29, 1.82) is 0 Å². The highest BCUT2D eigenvalue weighted by Crippen LogP contribution is 2.44. The first kappa shape index (κ1) is 9.65. The summed E-state index contributed by atoms with van der Waals surface area (Å²) in [5.74, 6) is -1.31. The molecule has 0 fully saturated rings. The number of benzene rings is 2. The molecule has 3 aromatic rings. The van der Waals surface area contributed by atoms with Gasteiger partial charge in [-0.05, 0) is 18.2 Å². The van der Waals surface area contributed by atoms with Crippen LogP contribution >= 0.6 is 0 Å². The van der Waals surface area contributed by atoms with Crippen LogP contribution in [0.2, 0.25) is 0 Å². The van der Waals surface area contributed by atoms with Gasteiger partial charge in [-0.3, -0.25) is 0 Å². The van der Waals surface area contributed by atoms with Crippen molar-refractivity contribution in [2.45, 2.75) is 0 Å². The van der Waals surface area contributed by atoms with Crippen molar-refractivity contribution < 1.29 is 20.4 Å². The summed E-state index contributed by atoms with van der Waals surface area (Å²) in [6.45, 7) is 0. The minimum atomic E-state index is -0.568. The van der Waals surface area contributed by atoms with Crippen LogP contribution in [0, 0.1) is 0 Å². The van der Waals surface area contributed by atoms with Crippen LogP contribution in [0.25, 0.3) is 21.8 Å². The molecule has 0 aliphatic heterocycles. The zero-order valence-electron chi connectivity index (χ0n) is 8.60. The van der Waals surface area contributed by atoms with Gasteiger partial charge in [-0.1, -0.05) is 0 Å². The molecule has 0 aliphatic rings. The summed E-state index contributed by atoms with van der Waals surface area (Å²) < 4.78 is 0. The molecule has 0 saturated heterocycles. The molecular weight excluding hydrogens is 222 g/mol. The fraction of sp³-hybridized carbons (Fsp3) is 0. The summed E-state index contributed by atoms with van der Waals surface area (Å²) in [7, 11) is 0. The van der Waals surface area contributed by atoms with Crippen molar-refractivity contribution in [2.75, 3.05) is 0 Å². The molecule has 86 valence electrons. The Kier molecular flexibility index (Phi) is 1.69. The van der Waals surface area contributed by atoms with Crippen molar-refractivity contribution in [1.82, 2.24) is 4.98 Å². The number of nitrogens with one attached hydrogen (secondary N) is 1. The maximum absolute atomic E-state index is 9.81. The van der Waals surface area contributed by atoms with Gasteiger partial charge >= 0.3 is 0 Å². The monoisotopic (exact) mass is 231 g/mol. The summed E-state index contributed by atoms with van der Waals surface area (Å²) in [6, 6.07) is 5.96. The smallest absolute Gasteiger partial charge is 0.201 e. The molecule has 5 nitrogen and oxygen atoms in total. The molecule has 17 heavy (non-hydrogen) atoms. The van der Waals surface area contributed by atoms with Crippen LogP contribution in [0.15, 0.2) is 24.3 Å². The number of hydrogen-bond donors (Lipinski definition) is 5. The van der Waals surface area contributed by atoms with Crippen LogP contribution in [-0.4, -0.2) is 25.4 Å². The average molecular weight is 231 g/mol. The third kappa shape index (κ3) is 1.19. The van der Waals surface area contributed by atoms with Crippen LogP contribution in [0.5, 0.6) is 23.0 Å². The second-order valence-electron chi connectivity index (χ2n) is 3.87. The third-order valence-electron chi connectivity index (χ3n) is 2.80. The highest BCUT2D eigenvalue weighted by atomic mass is 16.3. The third-order valence-corrected chi connectivity index (χ3v) is 2.80. The lowest BCUT2D eigenvalue weighted by Gasteiger charge is -2.02. The van der Waals surface area contributed by atoms with Crippen LogP contribution in [0.4, 0.5) is 0 Å². The molecule has 0 aliphatic carbocycles. The van der Waals surface area contributed by atoms with E-state index >= 15 is 0 Å². The van der Waals surface area contributed by atoms with Gasteiger partial charge in [0.2, 0.25) is 5.75 Å². The molecule has 0 radical (unpaired) electrons. The van der Waals surface area contributed by atoms with E-state index in [1.807, 2.05) is 0 Å². The van der Waals surface area contributed by atoms with Gasteiger partial charge in [-0.2, -0.15) is 0 Å². The van der Waals surface area contributed by atoms with E-state index in [0.29, 0.717) is 21.8 Å². The lowest BCUT2D eigenvalue weighted by Crippen LogP contribution is -1.74. The van der Waals surface area contributed by atoms with E-state index in [1.54, 1.807) is 6.07 Å². The van der Waals surface area contributed by atoms with Gasteiger partial charge < -0.3 is 25.4 Å². The maximum Gasteiger partial charge on any atom is 0.201 e. The van der Waals surface area contributed by atoms with E-state index in [9.17, 15) is 20.4 Å². The highest BCUT2D eigenvalue weighted by Gasteiger charge is 2.15. The van der Waals surface area contributed by atoms with E-state index in [4.69, 9.17) is 0 Å². The fourth-order valence-corrected chi connectivity index (χ4v) is 2.01. The van der Waals surface area contributed by atoms with Gasteiger partial charge in [0.05, 0.1) is 10.9 Å². The molecule has 5 N–H and O–H groups in total. The molecule has 0 bridgehead atoms. The first-order valence-corrected chi connectivity index (χ1v) is 4.96. The lowest BCUT2D eigenvalue weighted by molar-refractivity contribution is 0.371. The normalized spacial score (nSPS) is 11.3. The van der Waals surface area contributed by atoms with Crippen LogP contribution in [-0.2, 0) is 0 Å². The molecule has 0 atom stereocenters. The van der Waals surface area contributed by atoms with Crippen LogP contribution in [0.3, 0.4) is 0 Å². The Labute approximate surface area is 95.2 Å². The van der Waals surface area contributed by atoms with Crippen molar-refractivity contribution in [3.63, 3.8) is 0 Å². The van der Waals surface area contributed by atoms with Gasteiger partial charge in [0.25, 0.3) is 0 Å². The van der Waals surface area contributed by atoms with E-state index in [-0.39, 0.29) is 5.75 Å². The van der Waals surface area contributed by atoms with E-state index in [1.165, 1.54) is 18.2 Å². The number of hydrogen-bond acceptors (Lipinski definition) is 4. The number of aromatic hydroxyl groups is 4. The number of H-pyrrole nitrogens is 1. The second-order valence-corrected chi connectivity index (χ2v) is 3.87. The Balaban J connectivity index is 2.59. The minimum Gasteiger partial charge on any atom is -0.508 e. The lowest BCUT2D eigenvalue weighted by atomic mass is 10.1. The Morgan fingerprint density at radius 3 is 2.35 bits per heavy atom.